The van der Waals surface area contributed by atoms with E-state index < -0.39 is 24.1 Å². The van der Waals surface area contributed by atoms with Gasteiger partial charge in [-0.2, -0.15) is 0 Å². The van der Waals surface area contributed by atoms with Gasteiger partial charge in [0.1, 0.15) is 6.04 Å². The molecule has 0 radical (unpaired) electrons. The van der Waals surface area contributed by atoms with Crippen molar-refractivity contribution in [3.63, 3.8) is 0 Å². The molecule has 2 heterocycles. The number of hydrogen-bond acceptors (Lipinski definition) is 4. The topological polar surface area (TPSA) is 89.9 Å². The largest absolute Gasteiger partial charge is 0.480 e. The zero-order valence-electron chi connectivity index (χ0n) is 11.0. The Morgan fingerprint density at radius 3 is 2.90 bits per heavy atom. The number of carbonyl (C=O) groups excluding carboxylic acids is 1. The van der Waals surface area contributed by atoms with Gasteiger partial charge < -0.3 is 20.4 Å². The van der Waals surface area contributed by atoms with Crippen LogP contribution in [0.4, 0.5) is 10.5 Å². The lowest BCUT2D eigenvalue weighted by molar-refractivity contribution is -0.141. The number of aliphatic hydroxyl groups excluding tert-OH is 1. The number of β-amino-alcohol motifs (C(OH)–C–C–N with tert-alkyl or cyclic N) is 1. The van der Waals surface area contributed by atoms with Crippen LogP contribution in [0.1, 0.15) is 6.42 Å². The summed E-state index contributed by atoms with van der Waals surface area (Å²) in [4.78, 5) is 24.5. The average Bonchev–Trinajstić information content (AvgIpc) is 3.04. The molecule has 2 aromatic rings. The fourth-order valence-corrected chi connectivity index (χ4v) is 3.28. The molecule has 7 heteroatoms. The molecule has 1 saturated heterocycles. The Morgan fingerprint density at radius 2 is 2.14 bits per heavy atom. The number of nitrogens with zero attached hydrogens (tertiary/aromatic N) is 1. The maximum atomic E-state index is 12.2. The Kier molecular flexibility index (Phi) is 3.52. The molecule has 2 unspecified atom stereocenters. The van der Waals surface area contributed by atoms with E-state index >= 15 is 0 Å². The van der Waals surface area contributed by atoms with Gasteiger partial charge in [0.15, 0.2) is 0 Å². The number of likely N-dealkylation sites (tertiary alicyclic amines) is 1. The molecule has 0 bridgehead atoms. The van der Waals surface area contributed by atoms with Crippen molar-refractivity contribution in [2.75, 3.05) is 11.9 Å². The number of anilines is 1. The lowest BCUT2D eigenvalue weighted by Gasteiger charge is -2.21. The van der Waals surface area contributed by atoms with Gasteiger partial charge in [-0.3, -0.25) is 0 Å². The van der Waals surface area contributed by atoms with Crippen molar-refractivity contribution < 1.29 is 19.8 Å². The minimum atomic E-state index is -1.10. The summed E-state index contributed by atoms with van der Waals surface area (Å²) in [7, 11) is 0. The zero-order chi connectivity index (χ0) is 15.0. The predicted molar refractivity (Wildman–Crippen MR) is 79.6 cm³/mol. The number of hydrogen-bond donors (Lipinski definition) is 3. The van der Waals surface area contributed by atoms with Crippen LogP contribution in [-0.2, 0) is 4.79 Å². The first kappa shape index (κ1) is 13.8. The molecule has 1 aromatic carbocycles. The summed E-state index contributed by atoms with van der Waals surface area (Å²) in [6, 6.07) is 5.99. The lowest BCUT2D eigenvalue weighted by Crippen LogP contribution is -2.43. The van der Waals surface area contributed by atoms with Crippen molar-refractivity contribution in [3.05, 3.63) is 29.6 Å². The molecule has 0 spiro atoms. The van der Waals surface area contributed by atoms with Crippen LogP contribution in [0.15, 0.2) is 29.6 Å². The highest BCUT2D eigenvalue weighted by atomic mass is 32.1. The Morgan fingerprint density at radius 1 is 1.33 bits per heavy atom. The van der Waals surface area contributed by atoms with Gasteiger partial charge in [-0.05, 0) is 35.0 Å². The molecule has 2 amide bonds. The third-order valence-electron chi connectivity index (χ3n) is 3.53. The minimum absolute atomic E-state index is 0.0312. The van der Waals surface area contributed by atoms with E-state index in [1.807, 2.05) is 23.6 Å². The first-order chi connectivity index (χ1) is 10.0. The summed E-state index contributed by atoms with van der Waals surface area (Å²) in [5.41, 5.74) is 0.608. The molecular formula is C14H14N2O4S. The van der Waals surface area contributed by atoms with E-state index in [1.165, 1.54) is 0 Å². The predicted octanol–water partition coefficient (Wildman–Crippen LogP) is 1.95. The fourth-order valence-electron chi connectivity index (χ4n) is 2.51. The Balaban J connectivity index is 1.77. The van der Waals surface area contributed by atoms with Crippen LogP contribution in [0.25, 0.3) is 10.1 Å². The number of carbonyl (C=O) groups is 2. The summed E-state index contributed by atoms with van der Waals surface area (Å²) in [5.74, 6) is -1.10. The third-order valence-corrected chi connectivity index (χ3v) is 4.43. The molecule has 1 aliphatic heterocycles. The minimum Gasteiger partial charge on any atom is -0.480 e. The Labute approximate surface area is 124 Å². The molecule has 3 rings (SSSR count). The van der Waals surface area contributed by atoms with Gasteiger partial charge >= 0.3 is 12.0 Å². The van der Waals surface area contributed by atoms with E-state index in [0.29, 0.717) is 5.69 Å². The van der Waals surface area contributed by atoms with Crippen LogP contribution < -0.4 is 5.32 Å². The number of fused-ring (bicyclic) bond motifs is 1. The van der Waals surface area contributed by atoms with Crippen molar-refractivity contribution in [2.45, 2.75) is 18.6 Å². The van der Waals surface area contributed by atoms with Gasteiger partial charge in [0.2, 0.25) is 0 Å². The number of nitrogens with one attached hydrogen (secondary N) is 1. The number of benzene rings is 1. The number of thiophene rings is 1. The van der Waals surface area contributed by atoms with Crippen LogP contribution in [0.5, 0.6) is 0 Å². The smallest absolute Gasteiger partial charge is 0.326 e. The van der Waals surface area contributed by atoms with Crippen LogP contribution in [-0.4, -0.2) is 45.8 Å². The summed E-state index contributed by atoms with van der Waals surface area (Å²) >= 11 is 1.61. The molecule has 0 saturated carbocycles. The Hall–Kier alpha value is -2.12. The maximum Gasteiger partial charge on any atom is 0.326 e. The molecular weight excluding hydrogens is 292 g/mol. The summed E-state index contributed by atoms with van der Waals surface area (Å²) in [6.45, 7) is 0.0312. The standard InChI is InChI=1S/C14H14N2O4S/c17-10-6-11(13(18)19)16(7-10)14(20)15-9-1-2-12-8(5-9)3-4-21-12/h1-5,10-11,17H,6-7H2,(H,15,20)(H,18,19). The maximum absolute atomic E-state index is 12.2. The molecule has 1 aromatic heterocycles. The zero-order valence-corrected chi connectivity index (χ0v) is 11.8. The first-order valence-electron chi connectivity index (χ1n) is 6.50. The molecule has 2 atom stereocenters. The second-order valence-corrected chi connectivity index (χ2v) is 5.95. The van der Waals surface area contributed by atoms with Gasteiger partial charge in [0, 0.05) is 23.4 Å². The van der Waals surface area contributed by atoms with Crippen molar-refractivity contribution in [3.8, 4) is 0 Å². The number of carboxylic acids is 1. The quantitative estimate of drug-likeness (QED) is 0.791. The van der Waals surface area contributed by atoms with Gasteiger partial charge in [-0.15, -0.1) is 11.3 Å². The van der Waals surface area contributed by atoms with Crippen LogP contribution >= 0.6 is 11.3 Å². The summed E-state index contributed by atoms with van der Waals surface area (Å²) < 4.78 is 1.12. The number of rotatable bonds is 2. The van der Waals surface area contributed by atoms with E-state index in [9.17, 15) is 14.7 Å². The van der Waals surface area contributed by atoms with E-state index in [1.54, 1.807) is 17.4 Å². The average molecular weight is 306 g/mol. The first-order valence-corrected chi connectivity index (χ1v) is 7.38. The second-order valence-electron chi connectivity index (χ2n) is 5.00. The van der Waals surface area contributed by atoms with Crippen molar-refractivity contribution in [1.29, 1.82) is 0 Å². The summed E-state index contributed by atoms with van der Waals surface area (Å²) in [5, 5.41) is 24.3. The fraction of sp³-hybridized carbons (Fsp3) is 0.286. The number of aliphatic carboxylic acids is 1. The third kappa shape index (κ3) is 2.70. The van der Waals surface area contributed by atoms with E-state index in [-0.39, 0.29) is 13.0 Å². The van der Waals surface area contributed by atoms with Gasteiger partial charge in [-0.1, -0.05) is 0 Å². The van der Waals surface area contributed by atoms with Crippen LogP contribution in [0, 0.1) is 0 Å². The van der Waals surface area contributed by atoms with Crippen LogP contribution in [0.3, 0.4) is 0 Å². The monoisotopic (exact) mass is 306 g/mol. The van der Waals surface area contributed by atoms with Crippen molar-refractivity contribution in [1.82, 2.24) is 4.90 Å². The molecule has 21 heavy (non-hydrogen) atoms. The highest BCUT2D eigenvalue weighted by Crippen LogP contribution is 2.25. The summed E-state index contributed by atoms with van der Waals surface area (Å²) in [6.07, 6.45) is -0.733. The molecule has 1 aliphatic rings. The molecule has 1 fully saturated rings. The Bertz CT molecular complexity index is 699. The lowest BCUT2D eigenvalue weighted by atomic mass is 10.2. The number of amides is 2. The van der Waals surface area contributed by atoms with Gasteiger partial charge in [0.05, 0.1) is 6.10 Å². The van der Waals surface area contributed by atoms with E-state index in [2.05, 4.69) is 5.32 Å². The van der Waals surface area contributed by atoms with Crippen molar-refractivity contribution >= 4 is 39.1 Å². The molecule has 6 nitrogen and oxygen atoms in total. The van der Waals surface area contributed by atoms with Gasteiger partial charge in [0.25, 0.3) is 0 Å². The number of aliphatic hydroxyl groups is 1. The van der Waals surface area contributed by atoms with Crippen LogP contribution in [0.2, 0.25) is 0 Å². The van der Waals surface area contributed by atoms with Crippen molar-refractivity contribution in [2.24, 2.45) is 0 Å². The highest BCUT2D eigenvalue weighted by molar-refractivity contribution is 7.17. The highest BCUT2D eigenvalue weighted by Gasteiger charge is 2.38. The number of urea groups is 1. The number of carboxylic acid groups (broad SMARTS) is 1. The van der Waals surface area contributed by atoms with Gasteiger partial charge in [-0.25, -0.2) is 9.59 Å². The normalized spacial score (nSPS) is 21.7. The second kappa shape index (κ2) is 5.34. The SMILES string of the molecule is O=C(O)C1CC(O)CN1C(=O)Nc1ccc2sccc2c1. The van der Waals surface area contributed by atoms with E-state index in [4.69, 9.17) is 5.11 Å². The van der Waals surface area contributed by atoms with E-state index in [0.717, 1.165) is 15.0 Å². The molecule has 3 N–H and O–H groups in total. The molecule has 110 valence electrons. The molecule has 0 aliphatic carbocycles.